The fourth-order valence-electron chi connectivity index (χ4n) is 3.40. The number of piperazine rings is 1. The van der Waals surface area contributed by atoms with Crippen molar-refractivity contribution < 1.29 is 13.2 Å². The number of methoxy groups -OCH3 is 1. The van der Waals surface area contributed by atoms with E-state index in [1.54, 1.807) is 42.4 Å². The van der Waals surface area contributed by atoms with Gasteiger partial charge in [0.2, 0.25) is 14.8 Å². The van der Waals surface area contributed by atoms with E-state index in [9.17, 15) is 8.42 Å². The summed E-state index contributed by atoms with van der Waals surface area (Å²) in [4.78, 5) is 2.43. The van der Waals surface area contributed by atoms with Gasteiger partial charge in [0, 0.05) is 31.9 Å². The minimum absolute atomic E-state index is 0.278. The third kappa shape index (κ3) is 4.17. The van der Waals surface area contributed by atoms with Crippen molar-refractivity contribution >= 4 is 22.2 Å². The van der Waals surface area contributed by atoms with Gasteiger partial charge in [-0.25, -0.2) is 13.1 Å². The average molecular weight is 446 g/mol. The van der Waals surface area contributed by atoms with Crippen LogP contribution in [0.3, 0.4) is 0 Å². The number of nitrogens with zero attached hydrogens (tertiary/aromatic N) is 5. The third-order valence-electron chi connectivity index (χ3n) is 5.13. The lowest BCUT2D eigenvalue weighted by Crippen LogP contribution is -2.48. The third-order valence-corrected chi connectivity index (χ3v) is 7.45. The predicted octanol–water partition coefficient (Wildman–Crippen LogP) is 2.38. The molecule has 0 N–H and O–H groups in total. The van der Waals surface area contributed by atoms with Gasteiger partial charge in [-0.15, -0.1) is 0 Å². The van der Waals surface area contributed by atoms with Crippen molar-refractivity contribution in [2.24, 2.45) is 0 Å². The highest BCUT2D eigenvalue weighted by molar-refractivity contribution is 7.89. The van der Waals surface area contributed by atoms with Crippen LogP contribution in [0.2, 0.25) is 0 Å². The highest BCUT2D eigenvalue weighted by Crippen LogP contribution is 2.21. The van der Waals surface area contributed by atoms with E-state index in [4.69, 9.17) is 17.0 Å². The number of rotatable bonds is 6. The van der Waals surface area contributed by atoms with E-state index in [1.807, 2.05) is 34.9 Å². The number of para-hydroxylation sites is 1. The Balaban J connectivity index is 1.40. The topological polar surface area (TPSA) is 72.6 Å². The van der Waals surface area contributed by atoms with Gasteiger partial charge in [0.05, 0.1) is 18.7 Å². The van der Waals surface area contributed by atoms with Crippen molar-refractivity contribution in [2.45, 2.75) is 11.6 Å². The molecule has 0 amide bonds. The number of benzene rings is 2. The van der Waals surface area contributed by atoms with Crippen LogP contribution in [0.5, 0.6) is 5.75 Å². The normalized spacial score (nSPS) is 15.9. The summed E-state index contributed by atoms with van der Waals surface area (Å²) in [5, 5.41) is 4.41. The van der Waals surface area contributed by atoms with Gasteiger partial charge >= 0.3 is 0 Å². The summed E-state index contributed by atoms with van der Waals surface area (Å²) in [6.45, 7) is 2.57. The van der Waals surface area contributed by atoms with Gasteiger partial charge in [-0.3, -0.25) is 9.47 Å². The van der Waals surface area contributed by atoms with Crippen molar-refractivity contribution in [3.05, 3.63) is 65.7 Å². The molecule has 2 heterocycles. The quantitative estimate of drug-likeness (QED) is 0.543. The Morgan fingerprint density at radius 3 is 2.30 bits per heavy atom. The molecule has 0 unspecified atom stereocenters. The van der Waals surface area contributed by atoms with Crippen LogP contribution in [0.1, 0.15) is 0 Å². The van der Waals surface area contributed by atoms with Crippen LogP contribution < -0.4 is 4.74 Å². The number of aromatic nitrogens is 3. The van der Waals surface area contributed by atoms with Crippen LogP contribution >= 0.6 is 12.2 Å². The predicted molar refractivity (Wildman–Crippen MR) is 116 cm³/mol. The van der Waals surface area contributed by atoms with E-state index in [0.29, 0.717) is 43.4 Å². The minimum atomic E-state index is -3.52. The molecule has 0 bridgehead atoms. The first-order valence-electron chi connectivity index (χ1n) is 9.55. The molecule has 1 saturated heterocycles. The molecule has 1 fully saturated rings. The second-order valence-corrected chi connectivity index (χ2v) is 9.26. The fourth-order valence-corrected chi connectivity index (χ4v) is 5.08. The zero-order valence-electron chi connectivity index (χ0n) is 16.6. The van der Waals surface area contributed by atoms with E-state index in [0.717, 1.165) is 5.69 Å². The van der Waals surface area contributed by atoms with E-state index < -0.39 is 10.0 Å². The first kappa shape index (κ1) is 20.7. The highest BCUT2D eigenvalue weighted by atomic mass is 32.2. The van der Waals surface area contributed by atoms with Crippen molar-refractivity contribution in [3.8, 4) is 11.4 Å². The smallest absolute Gasteiger partial charge is 0.243 e. The molecule has 1 aliphatic heterocycles. The second kappa shape index (κ2) is 8.68. The molecular weight excluding hydrogens is 422 g/mol. The van der Waals surface area contributed by atoms with Gasteiger partial charge in [0.25, 0.3) is 0 Å². The van der Waals surface area contributed by atoms with Crippen molar-refractivity contribution in [1.82, 2.24) is 23.6 Å². The monoisotopic (exact) mass is 445 g/mol. The summed E-state index contributed by atoms with van der Waals surface area (Å²) in [5.41, 5.74) is 0.962. The molecule has 1 aromatic heterocycles. The number of sulfonamides is 1. The number of hydrogen-bond acceptors (Lipinski definition) is 6. The molecule has 2 aromatic carbocycles. The molecule has 3 aromatic rings. The average Bonchev–Trinajstić information content (AvgIpc) is 3.15. The van der Waals surface area contributed by atoms with Crippen LogP contribution in [0, 0.1) is 4.77 Å². The summed E-state index contributed by atoms with van der Waals surface area (Å²) < 4.78 is 36.6. The largest absolute Gasteiger partial charge is 0.497 e. The molecule has 10 heteroatoms. The molecule has 0 atom stereocenters. The number of ether oxygens (including phenoxy) is 1. The summed E-state index contributed by atoms with van der Waals surface area (Å²) in [5.74, 6) is 0.630. The maximum absolute atomic E-state index is 12.9. The molecule has 0 radical (unpaired) electrons. The van der Waals surface area contributed by atoms with E-state index in [2.05, 4.69) is 10.00 Å². The molecule has 30 heavy (non-hydrogen) atoms. The van der Waals surface area contributed by atoms with E-state index in [-0.39, 0.29) is 4.90 Å². The van der Waals surface area contributed by atoms with Gasteiger partial charge in [-0.2, -0.15) is 9.40 Å². The minimum Gasteiger partial charge on any atom is -0.497 e. The molecule has 0 spiro atoms. The zero-order chi connectivity index (χ0) is 21.1. The Hall–Kier alpha value is -2.53. The van der Waals surface area contributed by atoms with Crippen molar-refractivity contribution in [3.63, 3.8) is 0 Å². The van der Waals surface area contributed by atoms with Crippen LogP contribution in [0.25, 0.3) is 5.69 Å². The molecule has 158 valence electrons. The molecule has 1 aliphatic rings. The molecule has 0 aliphatic carbocycles. The Labute approximate surface area is 181 Å². The maximum atomic E-state index is 12.9. The Morgan fingerprint density at radius 1 is 1.00 bits per heavy atom. The van der Waals surface area contributed by atoms with Crippen LogP contribution in [0.4, 0.5) is 0 Å². The highest BCUT2D eigenvalue weighted by Gasteiger charge is 2.28. The lowest BCUT2D eigenvalue weighted by Gasteiger charge is -2.33. The maximum Gasteiger partial charge on any atom is 0.243 e. The SMILES string of the molecule is COc1ccc(S(=O)(=O)N2CCN(Cn3ncn(-c4ccccc4)c3=S)CC2)cc1. The lowest BCUT2D eigenvalue weighted by molar-refractivity contribution is 0.144. The molecule has 4 rings (SSSR count). The van der Waals surface area contributed by atoms with Crippen LogP contribution in [-0.4, -0.2) is 65.3 Å². The zero-order valence-corrected chi connectivity index (χ0v) is 18.2. The fraction of sp³-hybridized carbons (Fsp3) is 0.300. The Bertz CT molecular complexity index is 1150. The standard InChI is InChI=1S/C20H23N5O3S2/c1-28-18-7-9-19(10-8-18)30(26,27)23-13-11-22(12-14-23)16-25-20(29)24(15-21-25)17-5-3-2-4-6-17/h2-10,15H,11-14,16H2,1H3. The summed E-state index contributed by atoms with van der Waals surface area (Å²) in [7, 11) is -1.97. The van der Waals surface area contributed by atoms with Crippen molar-refractivity contribution in [1.29, 1.82) is 0 Å². The van der Waals surface area contributed by atoms with Gasteiger partial charge < -0.3 is 4.74 Å². The first-order chi connectivity index (χ1) is 14.5. The van der Waals surface area contributed by atoms with Crippen LogP contribution in [0.15, 0.2) is 65.8 Å². The first-order valence-corrected chi connectivity index (χ1v) is 11.4. The van der Waals surface area contributed by atoms with E-state index in [1.165, 1.54) is 4.31 Å². The molecular formula is C20H23N5O3S2. The van der Waals surface area contributed by atoms with Crippen LogP contribution in [-0.2, 0) is 16.7 Å². The van der Waals surface area contributed by atoms with E-state index >= 15 is 0 Å². The summed E-state index contributed by atoms with van der Waals surface area (Å²) in [6.07, 6.45) is 1.71. The number of hydrogen-bond donors (Lipinski definition) is 0. The molecule has 0 saturated carbocycles. The van der Waals surface area contributed by atoms with Gasteiger partial charge in [-0.1, -0.05) is 18.2 Å². The Morgan fingerprint density at radius 2 is 1.67 bits per heavy atom. The van der Waals surface area contributed by atoms with Crippen molar-refractivity contribution in [2.75, 3.05) is 33.3 Å². The van der Waals surface area contributed by atoms with Gasteiger partial charge in [0.15, 0.2) is 0 Å². The Kier molecular flexibility index (Phi) is 6.00. The summed E-state index contributed by atoms with van der Waals surface area (Å²) >= 11 is 5.56. The van der Waals surface area contributed by atoms with Gasteiger partial charge in [0.1, 0.15) is 12.1 Å². The molecule has 8 nitrogen and oxygen atoms in total. The van der Waals surface area contributed by atoms with Gasteiger partial charge in [-0.05, 0) is 48.6 Å². The second-order valence-electron chi connectivity index (χ2n) is 6.96. The lowest BCUT2D eigenvalue weighted by atomic mass is 10.3. The summed E-state index contributed by atoms with van der Waals surface area (Å²) in [6, 6.07) is 16.3.